The van der Waals surface area contributed by atoms with E-state index in [0.29, 0.717) is 6.04 Å². The number of piperidine rings is 1. The summed E-state index contributed by atoms with van der Waals surface area (Å²) in [5, 5.41) is 12.2. The summed E-state index contributed by atoms with van der Waals surface area (Å²) >= 11 is 0. The average Bonchev–Trinajstić information content (AvgIpc) is 3.32. The highest BCUT2D eigenvalue weighted by atomic mass is 16.2. The maximum absolute atomic E-state index is 12.8. The zero-order valence-corrected chi connectivity index (χ0v) is 15.7. The monoisotopic (exact) mass is 364 g/mol. The summed E-state index contributed by atoms with van der Waals surface area (Å²) in [4.78, 5) is 14.7. The molecule has 1 aliphatic rings. The molecule has 0 radical (unpaired) electrons. The van der Waals surface area contributed by atoms with E-state index >= 15 is 0 Å². The third-order valence-corrected chi connectivity index (χ3v) is 5.25. The smallest absolute Gasteiger partial charge is 0.253 e. The normalized spacial score (nSPS) is 15.3. The fourth-order valence-corrected chi connectivity index (χ4v) is 3.71. The van der Waals surface area contributed by atoms with E-state index in [-0.39, 0.29) is 5.91 Å². The number of hydrogen-bond donors (Lipinski definition) is 0. The molecule has 2 aromatic heterocycles. The van der Waals surface area contributed by atoms with Crippen LogP contribution in [-0.4, -0.2) is 48.4 Å². The van der Waals surface area contributed by atoms with Crippen molar-refractivity contribution in [3.05, 3.63) is 65.5 Å². The van der Waals surface area contributed by atoms with Gasteiger partial charge in [-0.2, -0.15) is 5.10 Å². The molecular formula is C20H24N6O. The first-order valence-corrected chi connectivity index (χ1v) is 9.33. The summed E-state index contributed by atoms with van der Waals surface area (Å²) in [7, 11) is 0. The van der Waals surface area contributed by atoms with Gasteiger partial charge in [-0.05, 0) is 50.5 Å². The van der Waals surface area contributed by atoms with Crippen LogP contribution < -0.4 is 0 Å². The quantitative estimate of drug-likeness (QED) is 0.714. The van der Waals surface area contributed by atoms with Crippen LogP contribution in [0.5, 0.6) is 0 Å². The summed E-state index contributed by atoms with van der Waals surface area (Å²) in [5.74, 6) is 0.106. The summed E-state index contributed by atoms with van der Waals surface area (Å²) in [6, 6.07) is 10.3. The van der Waals surface area contributed by atoms with Crippen LogP contribution in [0.25, 0.3) is 0 Å². The lowest BCUT2D eigenvalue weighted by atomic mass is 10.0. The van der Waals surface area contributed by atoms with E-state index in [1.165, 1.54) is 0 Å². The molecule has 0 spiro atoms. The number of carbonyl (C=O) groups excluding carboxylic acids is 1. The minimum Gasteiger partial charge on any atom is -0.338 e. The lowest BCUT2D eigenvalue weighted by molar-refractivity contribution is 0.0694. The zero-order valence-electron chi connectivity index (χ0n) is 15.7. The Morgan fingerprint density at radius 1 is 1.07 bits per heavy atom. The fourth-order valence-electron chi connectivity index (χ4n) is 3.71. The number of benzene rings is 1. The molecule has 0 saturated carbocycles. The first-order chi connectivity index (χ1) is 13.1. The predicted molar refractivity (Wildman–Crippen MR) is 101 cm³/mol. The number of rotatable bonds is 4. The zero-order chi connectivity index (χ0) is 18.8. The minimum atomic E-state index is 0.106. The maximum atomic E-state index is 12.8. The standard InChI is InChI=1S/C20H24N6O/c1-15-11-16(2)26(23-15)12-17-3-5-18(6-4-17)20(27)24-9-7-19(8-10-24)25-13-21-22-14-25/h3-6,11,13-14,19H,7-10,12H2,1-2H3. The number of hydrogen-bond acceptors (Lipinski definition) is 4. The summed E-state index contributed by atoms with van der Waals surface area (Å²) < 4.78 is 4.03. The van der Waals surface area contributed by atoms with Crippen LogP contribution in [0.15, 0.2) is 43.0 Å². The maximum Gasteiger partial charge on any atom is 0.253 e. The van der Waals surface area contributed by atoms with E-state index in [1.807, 2.05) is 45.3 Å². The number of amides is 1. The molecule has 0 aliphatic carbocycles. The molecule has 1 saturated heterocycles. The summed E-state index contributed by atoms with van der Waals surface area (Å²) in [6.45, 7) is 6.29. The second-order valence-corrected chi connectivity index (χ2v) is 7.21. The van der Waals surface area contributed by atoms with Gasteiger partial charge in [-0.25, -0.2) is 0 Å². The van der Waals surface area contributed by atoms with Gasteiger partial charge < -0.3 is 9.47 Å². The van der Waals surface area contributed by atoms with Crippen LogP contribution in [0.2, 0.25) is 0 Å². The van der Waals surface area contributed by atoms with E-state index in [1.54, 1.807) is 12.7 Å². The van der Waals surface area contributed by atoms with Crippen molar-refractivity contribution in [1.29, 1.82) is 0 Å². The van der Waals surface area contributed by atoms with Crippen molar-refractivity contribution in [2.75, 3.05) is 13.1 Å². The van der Waals surface area contributed by atoms with Crippen molar-refractivity contribution in [1.82, 2.24) is 29.4 Å². The Labute approximate surface area is 158 Å². The van der Waals surface area contributed by atoms with E-state index in [4.69, 9.17) is 0 Å². The molecule has 0 unspecified atom stereocenters. The largest absolute Gasteiger partial charge is 0.338 e. The molecule has 27 heavy (non-hydrogen) atoms. The van der Waals surface area contributed by atoms with Crippen LogP contribution in [0.3, 0.4) is 0 Å². The second kappa shape index (κ2) is 7.34. The van der Waals surface area contributed by atoms with Crippen molar-refractivity contribution in [3.63, 3.8) is 0 Å². The van der Waals surface area contributed by atoms with E-state index in [2.05, 4.69) is 28.3 Å². The van der Waals surface area contributed by atoms with Crippen molar-refractivity contribution >= 4 is 5.91 Å². The Bertz CT molecular complexity index is 905. The lowest BCUT2D eigenvalue weighted by Gasteiger charge is -2.32. The number of aryl methyl sites for hydroxylation is 2. The second-order valence-electron chi connectivity index (χ2n) is 7.21. The molecule has 140 valence electrons. The third kappa shape index (κ3) is 3.77. The average molecular weight is 364 g/mol. The van der Waals surface area contributed by atoms with Crippen molar-refractivity contribution in [3.8, 4) is 0 Å². The Balaban J connectivity index is 1.37. The van der Waals surface area contributed by atoms with Crippen molar-refractivity contribution in [2.45, 2.75) is 39.3 Å². The molecule has 1 aliphatic heterocycles. The molecule has 7 heteroatoms. The van der Waals surface area contributed by atoms with E-state index in [9.17, 15) is 4.79 Å². The Morgan fingerprint density at radius 3 is 2.33 bits per heavy atom. The van der Waals surface area contributed by atoms with E-state index < -0.39 is 0 Å². The van der Waals surface area contributed by atoms with Crippen LogP contribution >= 0.6 is 0 Å². The summed E-state index contributed by atoms with van der Waals surface area (Å²) in [5.41, 5.74) is 4.05. The number of nitrogens with zero attached hydrogens (tertiary/aromatic N) is 6. The molecule has 3 aromatic rings. The van der Waals surface area contributed by atoms with Gasteiger partial charge in [0.15, 0.2) is 0 Å². The van der Waals surface area contributed by atoms with Gasteiger partial charge in [0.1, 0.15) is 12.7 Å². The molecule has 1 aromatic carbocycles. The van der Waals surface area contributed by atoms with Gasteiger partial charge >= 0.3 is 0 Å². The molecule has 0 N–H and O–H groups in total. The predicted octanol–water partition coefficient (Wildman–Crippen LogP) is 2.62. The highest BCUT2D eigenvalue weighted by molar-refractivity contribution is 5.94. The highest BCUT2D eigenvalue weighted by Crippen LogP contribution is 2.23. The highest BCUT2D eigenvalue weighted by Gasteiger charge is 2.24. The van der Waals surface area contributed by atoms with Crippen LogP contribution in [0, 0.1) is 13.8 Å². The van der Waals surface area contributed by atoms with E-state index in [0.717, 1.165) is 55.0 Å². The molecule has 4 rings (SSSR count). The molecule has 1 fully saturated rings. The Kier molecular flexibility index (Phi) is 4.75. The van der Waals surface area contributed by atoms with Gasteiger partial charge in [0.05, 0.1) is 12.2 Å². The van der Waals surface area contributed by atoms with Gasteiger partial charge in [0, 0.05) is 30.4 Å². The number of likely N-dealkylation sites (tertiary alicyclic amines) is 1. The fraction of sp³-hybridized carbons (Fsp3) is 0.400. The minimum absolute atomic E-state index is 0.106. The molecule has 7 nitrogen and oxygen atoms in total. The van der Waals surface area contributed by atoms with Crippen LogP contribution in [0.4, 0.5) is 0 Å². The molecule has 0 atom stereocenters. The Hall–Kier alpha value is -2.96. The number of aromatic nitrogens is 5. The lowest BCUT2D eigenvalue weighted by Crippen LogP contribution is -2.38. The van der Waals surface area contributed by atoms with Gasteiger partial charge in [-0.15, -0.1) is 10.2 Å². The Morgan fingerprint density at radius 2 is 1.74 bits per heavy atom. The third-order valence-electron chi connectivity index (χ3n) is 5.25. The van der Waals surface area contributed by atoms with Gasteiger partial charge in [0.25, 0.3) is 5.91 Å². The van der Waals surface area contributed by atoms with Crippen molar-refractivity contribution in [2.24, 2.45) is 0 Å². The van der Waals surface area contributed by atoms with Crippen LogP contribution in [-0.2, 0) is 6.54 Å². The van der Waals surface area contributed by atoms with Gasteiger partial charge in [0.2, 0.25) is 0 Å². The first kappa shape index (κ1) is 17.5. The van der Waals surface area contributed by atoms with Crippen LogP contribution in [0.1, 0.15) is 46.2 Å². The van der Waals surface area contributed by atoms with Gasteiger partial charge in [-0.3, -0.25) is 9.48 Å². The van der Waals surface area contributed by atoms with Crippen molar-refractivity contribution < 1.29 is 4.79 Å². The first-order valence-electron chi connectivity index (χ1n) is 9.33. The molecule has 0 bridgehead atoms. The molecule has 1 amide bonds. The SMILES string of the molecule is Cc1cc(C)n(Cc2ccc(C(=O)N3CCC(n4cnnc4)CC3)cc2)n1. The molecular weight excluding hydrogens is 340 g/mol. The summed E-state index contributed by atoms with van der Waals surface area (Å²) in [6.07, 6.45) is 5.37. The molecule has 3 heterocycles. The number of carbonyl (C=O) groups is 1. The van der Waals surface area contributed by atoms with Gasteiger partial charge in [-0.1, -0.05) is 12.1 Å². The topological polar surface area (TPSA) is 68.8 Å².